The zero-order chi connectivity index (χ0) is 38.8. The predicted molar refractivity (Wildman–Crippen MR) is 195 cm³/mol. The molecule has 52 heavy (non-hydrogen) atoms. The van der Waals surface area contributed by atoms with Gasteiger partial charge in [-0.15, -0.1) is 0 Å². The third-order valence-corrected chi connectivity index (χ3v) is 17.9. The largest absolute Gasteiger partial charge is 0.508 e. The first-order chi connectivity index (χ1) is 24.2. The van der Waals surface area contributed by atoms with Crippen molar-refractivity contribution in [2.75, 3.05) is 20.8 Å². The van der Waals surface area contributed by atoms with Gasteiger partial charge in [-0.25, -0.2) is 9.59 Å². The van der Waals surface area contributed by atoms with Crippen LogP contribution in [0.5, 0.6) is 0 Å². The average molecular weight is 762 g/mol. The molecule has 0 amide bonds. The highest BCUT2D eigenvalue weighted by atomic mass is 28.4. The molecule has 289 valence electrons. The number of fused-ring (bicyclic) bond motifs is 5. The third kappa shape index (κ3) is 5.96. The second-order valence-electron chi connectivity index (χ2n) is 16.4. The predicted octanol–water partition coefficient (Wildman–Crippen LogP) is 5.51. The highest BCUT2D eigenvalue weighted by Crippen LogP contribution is 2.66. The van der Waals surface area contributed by atoms with Gasteiger partial charge < -0.3 is 42.4 Å². The van der Waals surface area contributed by atoms with Crippen LogP contribution in [0.4, 0.5) is 4.79 Å². The monoisotopic (exact) mass is 761 g/mol. The van der Waals surface area contributed by atoms with Gasteiger partial charge in [-0.05, 0) is 61.3 Å². The molecule has 14 heteroatoms. The molecule has 1 heterocycles. The van der Waals surface area contributed by atoms with Crippen LogP contribution in [-0.2, 0) is 37.0 Å². The molecular formula is C38H57O12Si2. The molecule has 4 aliphatic rings. The van der Waals surface area contributed by atoms with E-state index in [9.17, 15) is 19.8 Å². The molecule has 3 fully saturated rings. The second-order valence-corrected chi connectivity index (χ2v) is 22.9. The molecule has 1 aromatic carbocycles. The summed E-state index contributed by atoms with van der Waals surface area (Å²) in [7, 11) is -2.01. The summed E-state index contributed by atoms with van der Waals surface area (Å²) >= 11 is 0. The fraction of sp³-hybridized carbons (Fsp3) is 0.711. The summed E-state index contributed by atoms with van der Waals surface area (Å²) in [5.74, 6) is -2.53. The molecule has 0 spiro atoms. The molecule has 1 radical (unpaired) electrons. The maximum absolute atomic E-state index is 15.6. The fourth-order valence-corrected chi connectivity index (χ4v) is 14.9. The van der Waals surface area contributed by atoms with Crippen LogP contribution in [0.3, 0.4) is 0 Å². The van der Waals surface area contributed by atoms with Crippen molar-refractivity contribution in [3.63, 3.8) is 0 Å². The molecule has 0 aromatic heterocycles. The Morgan fingerprint density at radius 3 is 2.13 bits per heavy atom. The maximum Gasteiger partial charge on any atom is 0.508 e. The lowest BCUT2D eigenvalue weighted by molar-refractivity contribution is -0.341. The Labute approximate surface area is 310 Å². The number of benzene rings is 1. The molecule has 1 saturated heterocycles. The third-order valence-electron chi connectivity index (χ3n) is 12.6. The van der Waals surface area contributed by atoms with E-state index < -0.39 is 94.0 Å². The molecule has 12 nitrogen and oxygen atoms in total. The molecule has 5 rings (SSSR count). The van der Waals surface area contributed by atoms with E-state index in [1.165, 1.54) is 7.11 Å². The lowest BCUT2D eigenvalue weighted by Gasteiger charge is -2.69. The molecule has 1 aliphatic heterocycles. The zero-order valence-electron chi connectivity index (χ0n) is 32.6. The summed E-state index contributed by atoms with van der Waals surface area (Å²) < 4.78 is 44.9. The average Bonchev–Trinajstić information content (AvgIpc) is 3.07. The van der Waals surface area contributed by atoms with Crippen molar-refractivity contribution in [2.24, 2.45) is 16.7 Å². The van der Waals surface area contributed by atoms with Gasteiger partial charge in [0.05, 0.1) is 42.8 Å². The number of esters is 1. The summed E-state index contributed by atoms with van der Waals surface area (Å²) in [6.45, 7) is 19.0. The van der Waals surface area contributed by atoms with Gasteiger partial charge in [0.1, 0.15) is 23.9 Å². The van der Waals surface area contributed by atoms with E-state index in [-0.39, 0.29) is 36.1 Å². The highest BCUT2D eigenvalue weighted by Gasteiger charge is 2.79. The highest BCUT2D eigenvalue weighted by molar-refractivity contribution is 6.70. The Balaban J connectivity index is 1.91. The van der Waals surface area contributed by atoms with E-state index in [2.05, 4.69) is 0 Å². The van der Waals surface area contributed by atoms with Crippen LogP contribution in [0.15, 0.2) is 41.5 Å². The minimum Gasteiger partial charge on any atom is -0.455 e. The van der Waals surface area contributed by atoms with Crippen molar-refractivity contribution in [1.82, 2.24) is 0 Å². The Morgan fingerprint density at radius 2 is 1.63 bits per heavy atom. The van der Waals surface area contributed by atoms with E-state index in [0.29, 0.717) is 11.1 Å². The number of aliphatic hydroxyl groups is 2. The van der Waals surface area contributed by atoms with Crippen molar-refractivity contribution in [3.05, 3.63) is 47.0 Å². The number of ketones is 1. The lowest BCUT2D eigenvalue weighted by Crippen LogP contribution is -2.82. The number of aliphatic hydroxyl groups excluding tert-OH is 2. The van der Waals surface area contributed by atoms with Crippen molar-refractivity contribution in [1.29, 1.82) is 0 Å². The van der Waals surface area contributed by atoms with Gasteiger partial charge in [-0.1, -0.05) is 59.7 Å². The number of rotatable bonds is 10. The van der Waals surface area contributed by atoms with Gasteiger partial charge in [0.25, 0.3) is 0 Å². The Bertz CT molecular complexity index is 1550. The minimum absolute atomic E-state index is 0.0362. The molecule has 2 saturated carbocycles. The zero-order valence-corrected chi connectivity index (χ0v) is 34.6. The summed E-state index contributed by atoms with van der Waals surface area (Å²) in [6.07, 6.45) is -6.94. The van der Waals surface area contributed by atoms with Crippen LogP contribution < -0.4 is 0 Å². The number of Topliss-reactive ketones (excluding diaryl/α,β-unsaturated/α-hetero) is 1. The van der Waals surface area contributed by atoms with E-state index in [1.54, 1.807) is 51.3 Å². The molecule has 2 bridgehead atoms. The molecule has 1 aromatic rings. The fourth-order valence-electron chi connectivity index (χ4n) is 9.99. The van der Waals surface area contributed by atoms with Crippen molar-refractivity contribution in [3.8, 4) is 0 Å². The number of methoxy groups -OCH3 is 1. The molecule has 3 aliphatic carbocycles. The van der Waals surface area contributed by atoms with E-state index in [1.807, 2.05) is 54.6 Å². The second kappa shape index (κ2) is 14.3. The molecule has 9 atom stereocenters. The SMILES string of the molecule is COC(=O)O[C@@]12COC1C[C@H](O[Si](OC)(C(C)C)C(C)C)[C@@]1(C)C(=O)[C@H](O)C3=C(C)[C@@H](O)C[C@@](O[Si](C)C)([C@@H](OC(=O)c4ccccc4)C21)C3(C)C. The normalized spacial score (nSPS) is 35.7. The van der Waals surface area contributed by atoms with Gasteiger partial charge in [0.15, 0.2) is 11.4 Å². The van der Waals surface area contributed by atoms with Crippen molar-refractivity contribution >= 4 is 35.5 Å². The Hall–Kier alpha value is -2.44. The van der Waals surface area contributed by atoms with Crippen LogP contribution >= 0.6 is 0 Å². The maximum atomic E-state index is 15.6. The van der Waals surface area contributed by atoms with Crippen molar-refractivity contribution < 1.29 is 56.8 Å². The minimum atomic E-state index is -3.15. The Kier molecular flexibility index (Phi) is 11.2. The van der Waals surface area contributed by atoms with Crippen LogP contribution in [0.2, 0.25) is 24.2 Å². The first kappa shape index (κ1) is 40.7. The quantitative estimate of drug-likeness (QED) is 0.175. The summed E-state index contributed by atoms with van der Waals surface area (Å²) in [4.78, 5) is 43.2. The van der Waals surface area contributed by atoms with E-state index in [0.717, 1.165) is 0 Å². The van der Waals surface area contributed by atoms with E-state index >= 15 is 4.79 Å². The standard InChI is InChI=1S/C38H57O12Si2/c1-21(2)52(45-10,22(3)4)49-26-18-27-37(20-46-27,48-34(43)44-9)30-32(47-33(42)24-16-14-13-15-17-24)38(50-51(11)12)19-25(39)23(5)28(35(38,6)7)29(40)31(41)36(26,30)8/h13-17,21-22,25-27,29-30,32,39-40H,18-20H2,1-12H3/t25-,26-,27?,29+,30?,32-,36+,37-,38+/m0/s1. The Morgan fingerprint density at radius 1 is 1.02 bits per heavy atom. The summed E-state index contributed by atoms with van der Waals surface area (Å²) in [6, 6.07) is 8.48. The van der Waals surface area contributed by atoms with Crippen LogP contribution in [-0.4, -0.2) is 108 Å². The number of ether oxygens (including phenoxy) is 4. The van der Waals surface area contributed by atoms with Crippen molar-refractivity contribution in [2.45, 2.75) is 134 Å². The number of carbonyl (C=O) groups excluding carboxylic acids is 3. The number of hydrogen-bond acceptors (Lipinski definition) is 12. The van der Waals surface area contributed by atoms with Gasteiger partial charge >= 0.3 is 20.7 Å². The van der Waals surface area contributed by atoms with Crippen LogP contribution in [0, 0.1) is 16.7 Å². The molecule has 2 unspecified atom stereocenters. The number of hydrogen-bond donors (Lipinski definition) is 2. The van der Waals surface area contributed by atoms with Crippen LogP contribution in [0.25, 0.3) is 0 Å². The smallest absolute Gasteiger partial charge is 0.455 e. The van der Waals surface area contributed by atoms with E-state index in [4.69, 9.17) is 32.2 Å². The van der Waals surface area contributed by atoms with Gasteiger partial charge in [-0.2, -0.15) is 0 Å². The first-order valence-electron chi connectivity index (χ1n) is 18.2. The number of carbonyl (C=O) groups is 3. The summed E-state index contributed by atoms with van der Waals surface area (Å²) in [5.41, 5.74) is -5.15. The summed E-state index contributed by atoms with van der Waals surface area (Å²) in [5, 5.41) is 24.3. The van der Waals surface area contributed by atoms with Gasteiger partial charge in [0, 0.05) is 25.4 Å². The van der Waals surface area contributed by atoms with Crippen LogP contribution in [0.1, 0.15) is 78.6 Å². The van der Waals surface area contributed by atoms with Gasteiger partial charge in [0.2, 0.25) is 9.04 Å². The molecular weight excluding hydrogens is 705 g/mol. The molecule has 2 N–H and O–H groups in total. The van der Waals surface area contributed by atoms with Gasteiger partial charge in [-0.3, -0.25) is 4.79 Å². The topological polar surface area (TPSA) is 156 Å². The first-order valence-corrected chi connectivity index (χ1v) is 22.6. The lowest BCUT2D eigenvalue weighted by atomic mass is 9.44.